The summed E-state index contributed by atoms with van der Waals surface area (Å²) in [6.45, 7) is 23.4. The minimum absolute atomic E-state index is 0.129. The van der Waals surface area contributed by atoms with Gasteiger partial charge in [-0.25, -0.2) is 0 Å². The maximum Gasteiger partial charge on any atom is 0.175 e. The first-order chi connectivity index (χ1) is 11.4. The fraction of sp³-hybridized carbons (Fsp3) is 0.400. The van der Waals surface area contributed by atoms with Crippen molar-refractivity contribution in [3.05, 3.63) is 74.2 Å². The third-order valence-electron chi connectivity index (χ3n) is 4.33. The quantitative estimate of drug-likeness (QED) is 0.504. The molecular weight excluding hydrogens is 300 g/mol. The van der Waals surface area contributed by atoms with Gasteiger partial charge in [-0.05, 0) is 23.3 Å². The van der Waals surface area contributed by atoms with Gasteiger partial charge in [-0.2, -0.15) is 0 Å². The number of nitrogens with one attached hydrogen (secondary N) is 1. The molecule has 1 saturated heterocycles. The topological polar surface area (TPSA) is 44.7 Å². The minimum atomic E-state index is -0.967. The molecule has 0 amide bonds. The Labute approximate surface area is 146 Å². The van der Waals surface area contributed by atoms with E-state index in [-0.39, 0.29) is 12.0 Å². The van der Waals surface area contributed by atoms with Crippen LogP contribution in [0.15, 0.2) is 74.2 Å². The Balaban J connectivity index is 3.22. The molecule has 4 heteroatoms. The number of aliphatic hydroxyl groups is 1. The molecule has 132 valence electrons. The van der Waals surface area contributed by atoms with E-state index in [2.05, 4.69) is 50.0 Å². The van der Waals surface area contributed by atoms with Crippen LogP contribution in [-0.4, -0.2) is 42.5 Å². The lowest BCUT2D eigenvalue weighted by Crippen LogP contribution is -2.53. The maximum atomic E-state index is 10.5. The van der Waals surface area contributed by atoms with Crippen molar-refractivity contribution < 1.29 is 9.84 Å². The Hall–Kier alpha value is -2.04. The number of aliphatic hydroxyl groups excluding tert-OH is 1. The van der Waals surface area contributed by atoms with Gasteiger partial charge < -0.3 is 20.1 Å². The summed E-state index contributed by atoms with van der Waals surface area (Å²) in [7, 11) is 1.49. The lowest BCUT2D eigenvalue weighted by Gasteiger charge is -2.47. The maximum absolute atomic E-state index is 10.5. The Kier molecular flexibility index (Phi) is 7.75. The van der Waals surface area contributed by atoms with Gasteiger partial charge in [0.05, 0.1) is 6.04 Å². The van der Waals surface area contributed by atoms with Crippen LogP contribution in [0.5, 0.6) is 0 Å². The molecule has 24 heavy (non-hydrogen) atoms. The Morgan fingerprint density at radius 1 is 1.33 bits per heavy atom. The summed E-state index contributed by atoms with van der Waals surface area (Å²) < 4.78 is 5.24. The van der Waals surface area contributed by atoms with Gasteiger partial charge in [-0.1, -0.05) is 51.5 Å². The van der Waals surface area contributed by atoms with Crippen molar-refractivity contribution in [2.24, 2.45) is 11.8 Å². The zero-order chi connectivity index (χ0) is 18.3. The van der Waals surface area contributed by atoms with Crippen molar-refractivity contribution >= 4 is 0 Å². The molecule has 4 nitrogen and oxygen atoms in total. The zero-order valence-electron chi connectivity index (χ0n) is 14.9. The van der Waals surface area contributed by atoms with Crippen LogP contribution >= 0.6 is 0 Å². The first-order valence-electron chi connectivity index (χ1n) is 8.08. The number of hydrogen-bond acceptors (Lipinski definition) is 4. The number of rotatable bonds is 9. The summed E-state index contributed by atoms with van der Waals surface area (Å²) in [6.07, 6.45) is 6.15. The van der Waals surface area contributed by atoms with Crippen molar-refractivity contribution in [3.63, 3.8) is 0 Å². The highest BCUT2D eigenvalue weighted by Crippen LogP contribution is 2.40. The molecule has 0 bridgehead atoms. The van der Waals surface area contributed by atoms with E-state index in [1.54, 1.807) is 12.3 Å². The van der Waals surface area contributed by atoms with E-state index in [0.717, 1.165) is 23.4 Å². The highest BCUT2D eigenvalue weighted by atomic mass is 16.6. The lowest BCUT2D eigenvalue weighted by atomic mass is 9.79. The predicted molar refractivity (Wildman–Crippen MR) is 101 cm³/mol. The van der Waals surface area contributed by atoms with Gasteiger partial charge in [-0.3, -0.25) is 0 Å². The molecule has 0 aromatic rings. The molecule has 0 aromatic heterocycles. The normalized spacial score (nSPS) is 25.3. The minimum Gasteiger partial charge on any atom is -0.391 e. The Morgan fingerprint density at radius 2 is 2.00 bits per heavy atom. The molecule has 1 aliphatic rings. The van der Waals surface area contributed by atoms with Crippen molar-refractivity contribution in [3.8, 4) is 0 Å². The number of methoxy groups -OCH3 is 1. The summed E-state index contributed by atoms with van der Waals surface area (Å²) in [5, 5.41) is 13.6. The first kappa shape index (κ1) is 20.0. The largest absolute Gasteiger partial charge is 0.391 e. The van der Waals surface area contributed by atoms with Gasteiger partial charge in [0.2, 0.25) is 0 Å². The van der Waals surface area contributed by atoms with Crippen LogP contribution in [0.3, 0.4) is 0 Å². The van der Waals surface area contributed by atoms with Crippen LogP contribution in [0, 0.1) is 11.8 Å². The van der Waals surface area contributed by atoms with Crippen LogP contribution in [-0.2, 0) is 4.74 Å². The fourth-order valence-electron chi connectivity index (χ4n) is 3.09. The average molecular weight is 330 g/mol. The molecule has 0 aliphatic carbocycles. The van der Waals surface area contributed by atoms with E-state index < -0.39 is 6.29 Å². The monoisotopic (exact) mass is 330 g/mol. The van der Waals surface area contributed by atoms with Gasteiger partial charge in [-0.15, -0.1) is 6.58 Å². The standard InChI is InChI=1S/C20H30N2O2/c1-8-11-18-15(5)16(6)22(13-14(4)12-21-10-3)19(17(18)9-2)20(23)24-7/h8-11,14,17,19-21,23H,1-3,5-6,12-13H2,4,7H3/b18-11+. The molecular formula is C20H30N2O2. The van der Waals surface area contributed by atoms with E-state index >= 15 is 0 Å². The Morgan fingerprint density at radius 3 is 2.50 bits per heavy atom. The molecule has 4 atom stereocenters. The van der Waals surface area contributed by atoms with E-state index in [0.29, 0.717) is 12.5 Å². The van der Waals surface area contributed by atoms with Crippen molar-refractivity contribution in [1.29, 1.82) is 0 Å². The first-order valence-corrected chi connectivity index (χ1v) is 8.08. The molecule has 1 heterocycles. The predicted octanol–water partition coefficient (Wildman–Crippen LogP) is 2.99. The summed E-state index contributed by atoms with van der Waals surface area (Å²) in [5.41, 5.74) is 2.58. The molecule has 1 fully saturated rings. The van der Waals surface area contributed by atoms with E-state index in [1.807, 2.05) is 12.2 Å². The molecule has 0 radical (unpaired) electrons. The third kappa shape index (κ3) is 4.28. The van der Waals surface area contributed by atoms with Gasteiger partial charge in [0.15, 0.2) is 6.29 Å². The molecule has 4 unspecified atom stereocenters. The molecule has 0 spiro atoms. The third-order valence-corrected chi connectivity index (χ3v) is 4.33. The number of ether oxygens (including phenoxy) is 1. The lowest BCUT2D eigenvalue weighted by molar-refractivity contribution is -0.129. The molecule has 0 aromatic carbocycles. The number of nitrogens with zero attached hydrogens (tertiary/aromatic N) is 1. The van der Waals surface area contributed by atoms with E-state index in [1.165, 1.54) is 7.11 Å². The number of piperidine rings is 1. The summed E-state index contributed by atoms with van der Waals surface area (Å²) in [6, 6.07) is -0.317. The molecule has 1 rings (SSSR count). The summed E-state index contributed by atoms with van der Waals surface area (Å²) >= 11 is 0. The van der Waals surface area contributed by atoms with E-state index in [9.17, 15) is 5.11 Å². The van der Waals surface area contributed by atoms with Crippen LogP contribution in [0.2, 0.25) is 0 Å². The second-order valence-electron chi connectivity index (χ2n) is 6.03. The summed E-state index contributed by atoms with van der Waals surface area (Å²) in [4.78, 5) is 2.07. The smallest absolute Gasteiger partial charge is 0.175 e. The van der Waals surface area contributed by atoms with Crippen LogP contribution in [0.4, 0.5) is 0 Å². The molecule has 2 N–H and O–H groups in total. The number of hydrogen-bond donors (Lipinski definition) is 2. The second-order valence-corrected chi connectivity index (χ2v) is 6.03. The number of likely N-dealkylation sites (tertiary alicyclic amines) is 1. The van der Waals surface area contributed by atoms with Gasteiger partial charge in [0, 0.05) is 31.8 Å². The van der Waals surface area contributed by atoms with Crippen molar-refractivity contribution in [2.45, 2.75) is 19.3 Å². The number of allylic oxidation sites excluding steroid dienone is 3. The molecule has 1 aliphatic heterocycles. The van der Waals surface area contributed by atoms with Gasteiger partial charge >= 0.3 is 0 Å². The fourth-order valence-corrected chi connectivity index (χ4v) is 3.09. The highest BCUT2D eigenvalue weighted by Gasteiger charge is 2.41. The van der Waals surface area contributed by atoms with Crippen LogP contribution in [0.25, 0.3) is 0 Å². The summed E-state index contributed by atoms with van der Waals surface area (Å²) in [5.74, 6) is 0.185. The SMILES string of the molecule is C=C/C=C1\C(=C)C(=C)N(CC(C)CNC=C)C(C(O)OC)C1C=C. The van der Waals surface area contributed by atoms with E-state index in [4.69, 9.17) is 4.74 Å². The highest BCUT2D eigenvalue weighted by molar-refractivity contribution is 5.50. The Bertz CT molecular complexity index is 536. The van der Waals surface area contributed by atoms with Crippen molar-refractivity contribution in [2.75, 3.05) is 20.2 Å². The van der Waals surface area contributed by atoms with Gasteiger partial charge in [0.25, 0.3) is 0 Å². The van der Waals surface area contributed by atoms with Crippen molar-refractivity contribution in [1.82, 2.24) is 10.2 Å². The van der Waals surface area contributed by atoms with Crippen LogP contribution in [0.1, 0.15) is 6.92 Å². The van der Waals surface area contributed by atoms with Crippen LogP contribution < -0.4 is 5.32 Å². The average Bonchev–Trinajstić information content (AvgIpc) is 2.58. The van der Waals surface area contributed by atoms with Gasteiger partial charge in [0.1, 0.15) is 0 Å². The molecule has 0 saturated carbocycles. The zero-order valence-corrected chi connectivity index (χ0v) is 14.9. The second kappa shape index (κ2) is 9.30.